The van der Waals surface area contributed by atoms with Gasteiger partial charge in [0.15, 0.2) is 0 Å². The number of hydrogen-bond acceptors (Lipinski definition) is 3. The molecular formula is C11H11ClN2OS2. The number of aromatic nitrogens is 2. The van der Waals surface area contributed by atoms with E-state index in [1.165, 1.54) is 11.3 Å². The maximum Gasteiger partial charge on any atom is 0.327 e. The summed E-state index contributed by atoms with van der Waals surface area (Å²) in [5, 5.41) is 0. The highest BCUT2D eigenvalue weighted by Crippen LogP contribution is 2.31. The molecule has 2 aromatic rings. The molecule has 0 aliphatic carbocycles. The number of aromatic amines is 1. The second-order valence-electron chi connectivity index (χ2n) is 3.89. The minimum absolute atomic E-state index is 0.0604. The van der Waals surface area contributed by atoms with Crippen molar-refractivity contribution in [1.82, 2.24) is 9.55 Å². The van der Waals surface area contributed by atoms with Gasteiger partial charge >= 0.3 is 5.69 Å². The average molecular weight is 287 g/mol. The lowest BCUT2D eigenvalue weighted by Crippen LogP contribution is -2.25. The number of rotatable bonds is 2. The Morgan fingerprint density at radius 3 is 2.71 bits per heavy atom. The third-order valence-electron chi connectivity index (χ3n) is 2.32. The van der Waals surface area contributed by atoms with Crippen LogP contribution < -0.4 is 5.69 Å². The summed E-state index contributed by atoms with van der Waals surface area (Å²) in [5.74, 6) is 0. The molecule has 90 valence electrons. The smallest absolute Gasteiger partial charge is 0.298 e. The van der Waals surface area contributed by atoms with Gasteiger partial charge in [-0.05, 0) is 32.0 Å². The fraction of sp³-hybridized carbons (Fsp3) is 0.273. The Morgan fingerprint density at radius 2 is 2.18 bits per heavy atom. The van der Waals surface area contributed by atoms with Crippen LogP contribution in [-0.4, -0.2) is 9.55 Å². The SMILES string of the molecule is CC(C)n1c(-c2ccc(Cl)s2)cc(=S)[nH]c1=O. The summed E-state index contributed by atoms with van der Waals surface area (Å²) >= 11 is 12.4. The molecule has 1 N–H and O–H groups in total. The Bertz CT molecular complexity index is 654. The van der Waals surface area contributed by atoms with Gasteiger partial charge in [-0.2, -0.15) is 0 Å². The van der Waals surface area contributed by atoms with Gasteiger partial charge in [0.05, 0.1) is 14.9 Å². The second-order valence-corrected chi connectivity index (χ2v) is 6.05. The summed E-state index contributed by atoms with van der Waals surface area (Å²) in [6, 6.07) is 5.57. The molecule has 0 fully saturated rings. The summed E-state index contributed by atoms with van der Waals surface area (Å²) in [6.07, 6.45) is 0. The van der Waals surface area contributed by atoms with Crippen LogP contribution in [0.4, 0.5) is 0 Å². The minimum Gasteiger partial charge on any atom is -0.298 e. The van der Waals surface area contributed by atoms with E-state index in [4.69, 9.17) is 23.8 Å². The van der Waals surface area contributed by atoms with Crippen molar-refractivity contribution in [3.8, 4) is 10.6 Å². The van der Waals surface area contributed by atoms with Crippen LogP contribution in [0.15, 0.2) is 23.0 Å². The molecule has 2 heterocycles. The van der Waals surface area contributed by atoms with Gasteiger partial charge in [-0.25, -0.2) is 4.79 Å². The minimum atomic E-state index is -0.188. The van der Waals surface area contributed by atoms with E-state index >= 15 is 0 Å². The van der Waals surface area contributed by atoms with E-state index in [0.29, 0.717) is 8.98 Å². The number of halogens is 1. The first kappa shape index (κ1) is 12.5. The van der Waals surface area contributed by atoms with E-state index in [-0.39, 0.29) is 11.7 Å². The second kappa shape index (κ2) is 4.76. The van der Waals surface area contributed by atoms with Crippen LogP contribution in [0.25, 0.3) is 10.6 Å². The molecule has 2 rings (SSSR count). The highest BCUT2D eigenvalue weighted by molar-refractivity contribution is 7.71. The van der Waals surface area contributed by atoms with E-state index in [1.807, 2.05) is 26.0 Å². The number of nitrogens with zero attached hydrogens (tertiary/aromatic N) is 1. The average Bonchev–Trinajstić information content (AvgIpc) is 2.62. The third-order valence-corrected chi connectivity index (χ3v) is 3.79. The predicted molar refractivity (Wildman–Crippen MR) is 74.6 cm³/mol. The van der Waals surface area contributed by atoms with Gasteiger partial charge in [0.25, 0.3) is 0 Å². The van der Waals surface area contributed by atoms with Gasteiger partial charge in [0.1, 0.15) is 4.64 Å². The molecule has 17 heavy (non-hydrogen) atoms. The molecule has 0 spiro atoms. The molecule has 0 radical (unpaired) electrons. The van der Waals surface area contributed by atoms with Gasteiger partial charge in [-0.1, -0.05) is 23.8 Å². The Balaban J connectivity index is 2.76. The molecule has 0 amide bonds. The van der Waals surface area contributed by atoms with Crippen LogP contribution in [0.2, 0.25) is 4.34 Å². The van der Waals surface area contributed by atoms with E-state index < -0.39 is 0 Å². The van der Waals surface area contributed by atoms with Crippen LogP contribution in [-0.2, 0) is 0 Å². The maximum atomic E-state index is 11.9. The van der Waals surface area contributed by atoms with Crippen molar-refractivity contribution < 1.29 is 0 Å². The van der Waals surface area contributed by atoms with Gasteiger partial charge in [-0.3, -0.25) is 9.55 Å². The van der Waals surface area contributed by atoms with Gasteiger partial charge in [-0.15, -0.1) is 11.3 Å². The zero-order chi connectivity index (χ0) is 12.6. The topological polar surface area (TPSA) is 37.8 Å². The lowest BCUT2D eigenvalue weighted by atomic mass is 10.3. The zero-order valence-electron chi connectivity index (χ0n) is 9.36. The fourth-order valence-corrected chi connectivity index (χ4v) is 2.91. The third kappa shape index (κ3) is 2.51. The molecule has 3 nitrogen and oxygen atoms in total. The van der Waals surface area contributed by atoms with E-state index in [2.05, 4.69) is 4.98 Å². The van der Waals surface area contributed by atoms with Crippen molar-refractivity contribution in [1.29, 1.82) is 0 Å². The van der Waals surface area contributed by atoms with Gasteiger partial charge < -0.3 is 0 Å². The summed E-state index contributed by atoms with van der Waals surface area (Å²) < 4.78 is 2.81. The van der Waals surface area contributed by atoms with Crippen LogP contribution in [0.5, 0.6) is 0 Å². The molecule has 2 aromatic heterocycles. The van der Waals surface area contributed by atoms with Crippen molar-refractivity contribution in [2.45, 2.75) is 19.9 Å². The summed E-state index contributed by atoms with van der Waals surface area (Å²) in [4.78, 5) is 15.5. The van der Waals surface area contributed by atoms with E-state index in [1.54, 1.807) is 10.6 Å². The molecule has 0 saturated heterocycles. The molecular weight excluding hydrogens is 276 g/mol. The van der Waals surface area contributed by atoms with Crippen LogP contribution in [0, 0.1) is 4.64 Å². The van der Waals surface area contributed by atoms with Crippen molar-refractivity contribution in [3.63, 3.8) is 0 Å². The number of thiophene rings is 1. The number of hydrogen-bond donors (Lipinski definition) is 1. The summed E-state index contributed by atoms with van der Waals surface area (Å²) in [5.41, 5.74) is 0.623. The molecule has 0 aliphatic heterocycles. The first-order valence-electron chi connectivity index (χ1n) is 5.10. The van der Waals surface area contributed by atoms with Crippen LogP contribution >= 0.6 is 35.2 Å². The first-order valence-corrected chi connectivity index (χ1v) is 6.71. The van der Waals surface area contributed by atoms with Crippen LogP contribution in [0.3, 0.4) is 0 Å². The Morgan fingerprint density at radius 1 is 1.47 bits per heavy atom. The fourth-order valence-electron chi connectivity index (χ4n) is 1.66. The lowest BCUT2D eigenvalue weighted by Gasteiger charge is -2.14. The monoisotopic (exact) mass is 286 g/mol. The van der Waals surface area contributed by atoms with Crippen molar-refractivity contribution in [2.75, 3.05) is 0 Å². The van der Waals surface area contributed by atoms with Crippen molar-refractivity contribution in [2.24, 2.45) is 0 Å². The van der Waals surface area contributed by atoms with E-state index in [0.717, 1.165) is 10.6 Å². The normalized spacial score (nSPS) is 11.1. The largest absolute Gasteiger partial charge is 0.327 e. The predicted octanol–water partition coefficient (Wildman–Crippen LogP) is 3.87. The highest BCUT2D eigenvalue weighted by Gasteiger charge is 2.11. The standard InChI is InChI=1S/C11H11ClN2OS2/c1-6(2)14-7(5-10(16)13-11(14)15)8-3-4-9(12)17-8/h3-6H,1-2H3,(H,13,15,16). The quantitative estimate of drug-likeness (QED) is 0.851. The molecule has 6 heteroatoms. The molecule has 0 unspecified atom stereocenters. The Hall–Kier alpha value is -0.910. The first-order chi connectivity index (χ1) is 7.99. The van der Waals surface area contributed by atoms with Crippen molar-refractivity contribution in [3.05, 3.63) is 37.7 Å². The maximum absolute atomic E-state index is 11.9. The van der Waals surface area contributed by atoms with Gasteiger partial charge in [0, 0.05) is 6.04 Å². The van der Waals surface area contributed by atoms with Gasteiger partial charge in [0.2, 0.25) is 0 Å². The van der Waals surface area contributed by atoms with Crippen LogP contribution in [0.1, 0.15) is 19.9 Å². The summed E-state index contributed by atoms with van der Waals surface area (Å²) in [6.45, 7) is 3.91. The lowest BCUT2D eigenvalue weighted by molar-refractivity contribution is 0.570. The van der Waals surface area contributed by atoms with Crippen molar-refractivity contribution >= 4 is 35.2 Å². The number of H-pyrrole nitrogens is 1. The highest BCUT2D eigenvalue weighted by atomic mass is 35.5. The molecule has 0 saturated carbocycles. The molecule has 0 bridgehead atoms. The zero-order valence-corrected chi connectivity index (χ0v) is 11.7. The molecule has 0 aromatic carbocycles. The number of nitrogens with one attached hydrogen (secondary N) is 1. The Kier molecular flexibility index (Phi) is 3.51. The summed E-state index contributed by atoms with van der Waals surface area (Å²) in [7, 11) is 0. The Labute approximate surface area is 113 Å². The van der Waals surface area contributed by atoms with E-state index in [9.17, 15) is 4.79 Å². The molecule has 0 aliphatic rings. The molecule has 0 atom stereocenters.